The van der Waals surface area contributed by atoms with E-state index in [4.69, 9.17) is 11.6 Å². The topological polar surface area (TPSA) is 64.0 Å². The first-order chi connectivity index (χ1) is 12.9. The molecule has 0 aliphatic rings. The first-order valence-corrected chi connectivity index (χ1v) is 9.62. The number of carbonyl (C=O) groups is 1. The quantitative estimate of drug-likeness (QED) is 0.501. The largest absolute Gasteiger partial charge is 0.323 e. The number of anilines is 1. The molecule has 140 valence electrons. The molecule has 3 rings (SSSR count). The predicted molar refractivity (Wildman–Crippen MR) is 107 cm³/mol. The summed E-state index contributed by atoms with van der Waals surface area (Å²) in [6.45, 7) is 3.76. The number of thioether (sulfide) groups is 1. The minimum atomic E-state index is -0.569. The summed E-state index contributed by atoms with van der Waals surface area (Å²) in [6.07, 6.45) is 0. The zero-order valence-corrected chi connectivity index (χ0v) is 16.3. The lowest BCUT2D eigenvalue weighted by atomic mass is 10.2. The second-order valence-corrected chi connectivity index (χ2v) is 7.52. The molecule has 0 saturated heterocycles. The van der Waals surface area contributed by atoms with Gasteiger partial charge < -0.3 is 5.32 Å². The van der Waals surface area contributed by atoms with Gasteiger partial charge in [-0.3, -0.25) is 14.2 Å². The van der Waals surface area contributed by atoms with Gasteiger partial charge in [0.05, 0.1) is 22.3 Å². The smallest absolute Gasteiger partial charge is 0.262 e. The minimum Gasteiger partial charge on any atom is -0.323 e. The first-order valence-electron chi connectivity index (χ1n) is 8.26. The summed E-state index contributed by atoms with van der Waals surface area (Å²) in [5, 5.41) is 3.78. The number of nitrogens with one attached hydrogen (secondary N) is 1. The van der Waals surface area contributed by atoms with E-state index in [0.717, 1.165) is 11.8 Å². The van der Waals surface area contributed by atoms with Gasteiger partial charge in [0.25, 0.3) is 5.56 Å². The highest BCUT2D eigenvalue weighted by molar-refractivity contribution is 7.99. The third-order valence-corrected chi connectivity index (χ3v) is 5.01. The van der Waals surface area contributed by atoms with Crippen LogP contribution in [0.1, 0.15) is 19.9 Å². The van der Waals surface area contributed by atoms with Gasteiger partial charge >= 0.3 is 0 Å². The van der Waals surface area contributed by atoms with Gasteiger partial charge in [-0.25, -0.2) is 9.37 Å². The molecule has 2 aromatic carbocycles. The van der Waals surface area contributed by atoms with Gasteiger partial charge in [0, 0.05) is 11.1 Å². The average Bonchev–Trinajstić information content (AvgIpc) is 2.63. The summed E-state index contributed by atoms with van der Waals surface area (Å²) in [6, 6.07) is 10.9. The van der Waals surface area contributed by atoms with Crippen LogP contribution in [0.2, 0.25) is 5.02 Å². The Balaban J connectivity index is 1.84. The summed E-state index contributed by atoms with van der Waals surface area (Å²) in [4.78, 5) is 29.5. The van der Waals surface area contributed by atoms with E-state index in [9.17, 15) is 14.0 Å². The SMILES string of the molecule is CC(C)n1c(SCC(=O)Nc2cc(Cl)ccc2F)nc2ccccc2c1=O. The van der Waals surface area contributed by atoms with Crippen molar-refractivity contribution in [3.63, 3.8) is 0 Å². The van der Waals surface area contributed by atoms with Crippen molar-refractivity contribution < 1.29 is 9.18 Å². The van der Waals surface area contributed by atoms with E-state index < -0.39 is 11.7 Å². The summed E-state index contributed by atoms with van der Waals surface area (Å²) in [5.41, 5.74) is 0.434. The number of hydrogen-bond donors (Lipinski definition) is 1. The van der Waals surface area contributed by atoms with Gasteiger partial charge in [0.1, 0.15) is 5.82 Å². The molecule has 0 atom stereocenters. The van der Waals surface area contributed by atoms with Crippen LogP contribution in [0, 0.1) is 5.82 Å². The van der Waals surface area contributed by atoms with E-state index in [1.165, 1.54) is 18.2 Å². The van der Waals surface area contributed by atoms with Crippen molar-refractivity contribution in [1.82, 2.24) is 9.55 Å². The highest BCUT2D eigenvalue weighted by atomic mass is 35.5. The molecule has 1 heterocycles. The molecule has 0 aliphatic heterocycles. The highest BCUT2D eigenvalue weighted by Crippen LogP contribution is 2.23. The van der Waals surface area contributed by atoms with Crippen LogP contribution in [0.4, 0.5) is 10.1 Å². The normalized spacial score (nSPS) is 11.1. The average molecular weight is 406 g/mol. The van der Waals surface area contributed by atoms with Crippen molar-refractivity contribution in [2.24, 2.45) is 0 Å². The summed E-state index contributed by atoms with van der Waals surface area (Å²) in [5.74, 6) is -1.01. The molecule has 0 fully saturated rings. The van der Waals surface area contributed by atoms with E-state index in [2.05, 4.69) is 10.3 Å². The molecule has 0 bridgehead atoms. The maximum Gasteiger partial charge on any atom is 0.262 e. The van der Waals surface area contributed by atoms with Crippen molar-refractivity contribution >= 4 is 45.9 Å². The standard InChI is InChI=1S/C19H17ClFN3O2S/c1-11(2)24-18(26)13-5-3-4-6-15(13)23-19(24)27-10-17(25)22-16-9-12(20)7-8-14(16)21/h3-9,11H,10H2,1-2H3,(H,22,25). The molecule has 1 aromatic heterocycles. The molecule has 0 spiro atoms. The number of hydrogen-bond acceptors (Lipinski definition) is 4. The van der Waals surface area contributed by atoms with Gasteiger partial charge in [-0.2, -0.15) is 0 Å². The van der Waals surface area contributed by atoms with Crippen LogP contribution in [0.15, 0.2) is 52.4 Å². The fourth-order valence-electron chi connectivity index (χ4n) is 2.59. The van der Waals surface area contributed by atoms with Crippen LogP contribution in [0.3, 0.4) is 0 Å². The zero-order valence-electron chi connectivity index (χ0n) is 14.7. The van der Waals surface area contributed by atoms with E-state index in [0.29, 0.717) is 21.1 Å². The third-order valence-electron chi connectivity index (χ3n) is 3.83. The van der Waals surface area contributed by atoms with E-state index >= 15 is 0 Å². The number of para-hydroxylation sites is 1. The molecule has 0 unspecified atom stereocenters. The van der Waals surface area contributed by atoms with Crippen molar-refractivity contribution in [3.05, 3.63) is 63.7 Å². The minimum absolute atomic E-state index is 0.0146. The monoisotopic (exact) mass is 405 g/mol. The van der Waals surface area contributed by atoms with Crippen molar-refractivity contribution in [3.8, 4) is 0 Å². The van der Waals surface area contributed by atoms with Crippen LogP contribution < -0.4 is 10.9 Å². The number of halogens is 2. The van der Waals surface area contributed by atoms with E-state index in [-0.39, 0.29) is 23.0 Å². The Kier molecular flexibility index (Phi) is 5.82. The van der Waals surface area contributed by atoms with Crippen LogP contribution in [0.25, 0.3) is 10.9 Å². The highest BCUT2D eigenvalue weighted by Gasteiger charge is 2.16. The molecule has 3 aromatic rings. The Morgan fingerprint density at radius 1 is 1.30 bits per heavy atom. The molecular weight excluding hydrogens is 389 g/mol. The maximum absolute atomic E-state index is 13.8. The third kappa shape index (κ3) is 4.31. The van der Waals surface area contributed by atoms with E-state index in [1.54, 1.807) is 28.8 Å². The number of benzene rings is 2. The van der Waals surface area contributed by atoms with Gasteiger partial charge in [-0.15, -0.1) is 0 Å². The number of rotatable bonds is 5. The Hall–Kier alpha value is -2.38. The summed E-state index contributed by atoms with van der Waals surface area (Å²) < 4.78 is 15.3. The maximum atomic E-state index is 13.8. The molecular formula is C19H17ClFN3O2S. The van der Waals surface area contributed by atoms with Gasteiger partial charge in [-0.05, 0) is 44.2 Å². The van der Waals surface area contributed by atoms with Crippen molar-refractivity contribution in [2.45, 2.75) is 25.0 Å². The van der Waals surface area contributed by atoms with Crippen molar-refractivity contribution in [2.75, 3.05) is 11.1 Å². The number of aromatic nitrogens is 2. The Labute approximate surface area is 164 Å². The second kappa shape index (κ2) is 8.10. The molecule has 1 N–H and O–H groups in total. The lowest BCUT2D eigenvalue weighted by molar-refractivity contribution is -0.113. The Morgan fingerprint density at radius 2 is 2.04 bits per heavy atom. The first kappa shape index (κ1) is 19.4. The van der Waals surface area contributed by atoms with Gasteiger partial charge in [-0.1, -0.05) is 35.5 Å². The number of nitrogens with zero attached hydrogens (tertiary/aromatic N) is 2. The zero-order chi connectivity index (χ0) is 19.6. The van der Waals surface area contributed by atoms with Gasteiger partial charge in [0.15, 0.2) is 5.16 Å². The second-order valence-electron chi connectivity index (χ2n) is 6.14. The fraction of sp³-hybridized carbons (Fsp3) is 0.211. The van der Waals surface area contributed by atoms with Crippen molar-refractivity contribution in [1.29, 1.82) is 0 Å². The molecule has 1 amide bonds. The van der Waals surface area contributed by atoms with Gasteiger partial charge in [0.2, 0.25) is 5.91 Å². The number of carbonyl (C=O) groups excluding carboxylic acids is 1. The molecule has 27 heavy (non-hydrogen) atoms. The van der Waals surface area contributed by atoms with Crippen LogP contribution in [-0.4, -0.2) is 21.2 Å². The number of fused-ring (bicyclic) bond motifs is 1. The Morgan fingerprint density at radius 3 is 2.78 bits per heavy atom. The molecule has 8 heteroatoms. The van der Waals surface area contributed by atoms with Crippen LogP contribution >= 0.6 is 23.4 Å². The molecule has 5 nitrogen and oxygen atoms in total. The van der Waals surface area contributed by atoms with E-state index in [1.807, 2.05) is 13.8 Å². The number of amides is 1. The Bertz CT molecular complexity index is 1070. The lowest BCUT2D eigenvalue weighted by Crippen LogP contribution is -2.25. The molecule has 0 aliphatic carbocycles. The predicted octanol–water partition coefficient (Wildman–Crippen LogP) is 4.50. The van der Waals surface area contributed by atoms with Crippen LogP contribution in [-0.2, 0) is 4.79 Å². The molecule has 0 radical (unpaired) electrons. The lowest BCUT2D eigenvalue weighted by Gasteiger charge is -2.16. The van der Waals surface area contributed by atoms with Crippen LogP contribution in [0.5, 0.6) is 0 Å². The summed E-state index contributed by atoms with van der Waals surface area (Å²) in [7, 11) is 0. The fourth-order valence-corrected chi connectivity index (χ4v) is 3.69. The molecule has 0 saturated carbocycles. The summed E-state index contributed by atoms with van der Waals surface area (Å²) >= 11 is 6.96.